The number of anilines is 1. The average molecular weight is 324 g/mol. The smallest absolute Gasteiger partial charge is 0.299 e. The SMILES string of the molecule is Cc1ccc(C)c2c1C(=O)C(=O)N2CC(C)(C)CBr. The highest BCUT2D eigenvalue weighted by Crippen LogP contribution is 2.36. The van der Waals surface area contributed by atoms with E-state index in [1.807, 2.05) is 26.0 Å². The molecule has 1 aliphatic heterocycles. The molecule has 3 nitrogen and oxygen atoms in total. The van der Waals surface area contributed by atoms with Crippen molar-refractivity contribution in [3.05, 3.63) is 28.8 Å². The molecule has 19 heavy (non-hydrogen) atoms. The fraction of sp³-hybridized carbons (Fsp3) is 0.467. The summed E-state index contributed by atoms with van der Waals surface area (Å²) in [7, 11) is 0. The number of rotatable bonds is 3. The number of halogens is 1. The second kappa shape index (κ2) is 4.75. The van der Waals surface area contributed by atoms with Crippen LogP contribution in [0.4, 0.5) is 5.69 Å². The van der Waals surface area contributed by atoms with E-state index in [9.17, 15) is 9.59 Å². The Bertz CT molecular complexity index is 564. The second-order valence-electron chi connectivity index (χ2n) is 5.94. The van der Waals surface area contributed by atoms with E-state index in [4.69, 9.17) is 0 Å². The molecule has 0 bridgehead atoms. The molecule has 0 N–H and O–H groups in total. The number of ketones is 1. The molecule has 1 aromatic carbocycles. The molecular weight excluding hydrogens is 306 g/mol. The van der Waals surface area contributed by atoms with Crippen LogP contribution >= 0.6 is 15.9 Å². The van der Waals surface area contributed by atoms with Gasteiger partial charge in [-0.3, -0.25) is 9.59 Å². The molecule has 4 heteroatoms. The number of nitrogens with zero attached hydrogens (tertiary/aromatic N) is 1. The first-order valence-corrected chi connectivity index (χ1v) is 7.43. The Labute approximate surface area is 122 Å². The Balaban J connectivity index is 2.53. The molecule has 1 amide bonds. The maximum Gasteiger partial charge on any atom is 0.299 e. The molecule has 0 fully saturated rings. The lowest BCUT2D eigenvalue weighted by molar-refractivity contribution is -0.114. The zero-order valence-corrected chi connectivity index (χ0v) is 13.3. The summed E-state index contributed by atoms with van der Waals surface area (Å²) in [6.07, 6.45) is 0. The molecule has 102 valence electrons. The molecule has 1 aromatic rings. The van der Waals surface area contributed by atoms with E-state index in [-0.39, 0.29) is 11.2 Å². The Morgan fingerprint density at radius 2 is 1.74 bits per heavy atom. The summed E-state index contributed by atoms with van der Waals surface area (Å²) in [4.78, 5) is 26.0. The van der Waals surface area contributed by atoms with Gasteiger partial charge < -0.3 is 4.90 Å². The first-order chi connectivity index (χ1) is 8.78. The fourth-order valence-corrected chi connectivity index (χ4v) is 2.56. The van der Waals surface area contributed by atoms with E-state index in [0.717, 1.165) is 22.1 Å². The van der Waals surface area contributed by atoms with Crippen molar-refractivity contribution in [3.63, 3.8) is 0 Å². The van der Waals surface area contributed by atoms with Crippen molar-refractivity contribution in [2.75, 3.05) is 16.8 Å². The van der Waals surface area contributed by atoms with Crippen LogP contribution in [0.25, 0.3) is 0 Å². The minimum absolute atomic E-state index is 0.0757. The van der Waals surface area contributed by atoms with Crippen molar-refractivity contribution >= 4 is 33.3 Å². The number of fused-ring (bicyclic) bond motifs is 1. The summed E-state index contributed by atoms with van der Waals surface area (Å²) in [5, 5.41) is 0.776. The minimum Gasteiger partial charge on any atom is -0.304 e. The third kappa shape index (κ3) is 2.34. The van der Waals surface area contributed by atoms with Gasteiger partial charge in [0.25, 0.3) is 11.7 Å². The molecule has 2 rings (SSSR count). The third-order valence-electron chi connectivity index (χ3n) is 3.47. The van der Waals surface area contributed by atoms with Gasteiger partial charge in [-0.25, -0.2) is 0 Å². The molecule has 0 saturated carbocycles. The molecule has 0 radical (unpaired) electrons. The summed E-state index contributed by atoms with van der Waals surface area (Å²) in [5.41, 5.74) is 3.15. The monoisotopic (exact) mass is 323 g/mol. The van der Waals surface area contributed by atoms with Gasteiger partial charge in [0.1, 0.15) is 0 Å². The minimum atomic E-state index is -0.401. The lowest BCUT2D eigenvalue weighted by atomic mass is 9.95. The number of hydrogen-bond acceptors (Lipinski definition) is 2. The van der Waals surface area contributed by atoms with Crippen molar-refractivity contribution in [1.29, 1.82) is 0 Å². The number of Topliss-reactive ketones (excluding diaryl/α,β-unsaturated/α-hetero) is 1. The lowest BCUT2D eigenvalue weighted by Crippen LogP contribution is -2.39. The summed E-state index contributed by atoms with van der Waals surface area (Å²) in [6.45, 7) is 8.51. The molecular formula is C15H18BrNO2. The number of amides is 1. The Kier molecular flexibility index (Phi) is 3.56. The Morgan fingerprint density at radius 3 is 2.32 bits per heavy atom. The third-order valence-corrected chi connectivity index (χ3v) is 4.99. The Morgan fingerprint density at radius 1 is 1.16 bits per heavy atom. The first-order valence-electron chi connectivity index (χ1n) is 6.31. The predicted octanol–water partition coefficient (Wildman–Crippen LogP) is 3.25. The number of hydrogen-bond donors (Lipinski definition) is 0. The molecule has 1 aliphatic rings. The molecule has 0 saturated heterocycles. The number of aryl methyl sites for hydroxylation is 2. The van der Waals surface area contributed by atoms with Crippen LogP contribution in [0.1, 0.15) is 35.3 Å². The van der Waals surface area contributed by atoms with Crippen molar-refractivity contribution < 1.29 is 9.59 Å². The topological polar surface area (TPSA) is 37.4 Å². The van der Waals surface area contributed by atoms with Crippen LogP contribution in [0.3, 0.4) is 0 Å². The summed E-state index contributed by atoms with van der Waals surface area (Å²) in [6, 6.07) is 3.87. The molecule has 0 spiro atoms. The molecule has 0 aliphatic carbocycles. The van der Waals surface area contributed by atoms with Crippen molar-refractivity contribution in [2.45, 2.75) is 27.7 Å². The van der Waals surface area contributed by atoms with Crippen LogP contribution in [0.2, 0.25) is 0 Å². The first kappa shape index (κ1) is 14.3. The van der Waals surface area contributed by atoms with E-state index < -0.39 is 5.91 Å². The normalized spacial score (nSPS) is 15.1. The summed E-state index contributed by atoms with van der Waals surface area (Å²) < 4.78 is 0. The lowest BCUT2D eigenvalue weighted by Gasteiger charge is -2.29. The van der Waals surface area contributed by atoms with Crippen LogP contribution in [0.15, 0.2) is 12.1 Å². The maximum absolute atomic E-state index is 12.2. The highest BCUT2D eigenvalue weighted by atomic mass is 79.9. The van der Waals surface area contributed by atoms with E-state index >= 15 is 0 Å². The largest absolute Gasteiger partial charge is 0.304 e. The zero-order chi connectivity index (χ0) is 14.4. The number of alkyl halides is 1. The van der Waals surface area contributed by atoms with Gasteiger partial charge in [0.05, 0.1) is 11.3 Å². The van der Waals surface area contributed by atoms with Gasteiger partial charge in [0.15, 0.2) is 0 Å². The van der Waals surface area contributed by atoms with E-state index in [2.05, 4.69) is 29.8 Å². The zero-order valence-electron chi connectivity index (χ0n) is 11.7. The van der Waals surface area contributed by atoms with Crippen LogP contribution in [0, 0.1) is 19.3 Å². The van der Waals surface area contributed by atoms with Crippen molar-refractivity contribution in [1.82, 2.24) is 0 Å². The van der Waals surface area contributed by atoms with E-state index in [1.165, 1.54) is 0 Å². The van der Waals surface area contributed by atoms with Gasteiger partial charge >= 0.3 is 0 Å². The van der Waals surface area contributed by atoms with Gasteiger partial charge in [0, 0.05) is 11.9 Å². The summed E-state index contributed by atoms with van der Waals surface area (Å²) >= 11 is 3.46. The van der Waals surface area contributed by atoms with Crippen LogP contribution in [0.5, 0.6) is 0 Å². The van der Waals surface area contributed by atoms with Gasteiger partial charge in [-0.2, -0.15) is 0 Å². The van der Waals surface area contributed by atoms with E-state index in [1.54, 1.807) is 4.90 Å². The molecule has 1 heterocycles. The highest BCUT2D eigenvalue weighted by Gasteiger charge is 2.40. The molecule has 0 atom stereocenters. The molecule has 0 unspecified atom stereocenters. The highest BCUT2D eigenvalue weighted by molar-refractivity contribution is 9.09. The maximum atomic E-state index is 12.2. The molecule has 0 aromatic heterocycles. The van der Waals surface area contributed by atoms with Crippen molar-refractivity contribution in [2.24, 2.45) is 5.41 Å². The number of carbonyl (C=O) groups is 2. The van der Waals surface area contributed by atoms with Crippen LogP contribution in [-0.2, 0) is 4.79 Å². The second-order valence-corrected chi connectivity index (χ2v) is 6.50. The average Bonchev–Trinajstić information content (AvgIpc) is 2.60. The quantitative estimate of drug-likeness (QED) is 0.632. The van der Waals surface area contributed by atoms with Gasteiger partial charge in [0.2, 0.25) is 0 Å². The van der Waals surface area contributed by atoms with Crippen LogP contribution in [-0.4, -0.2) is 23.6 Å². The predicted molar refractivity (Wildman–Crippen MR) is 80.2 cm³/mol. The van der Waals surface area contributed by atoms with Crippen molar-refractivity contribution in [3.8, 4) is 0 Å². The van der Waals surface area contributed by atoms with Gasteiger partial charge in [-0.05, 0) is 30.4 Å². The number of carbonyl (C=O) groups excluding carboxylic acids is 2. The van der Waals surface area contributed by atoms with E-state index in [0.29, 0.717) is 12.1 Å². The fourth-order valence-electron chi connectivity index (χ4n) is 2.38. The number of benzene rings is 1. The standard InChI is InChI=1S/C15H18BrNO2/c1-9-5-6-10(2)12-11(9)13(18)14(19)17(12)8-15(3,4)7-16/h5-6H,7-8H2,1-4H3. The van der Waals surface area contributed by atoms with Gasteiger partial charge in [-0.15, -0.1) is 0 Å². The Hall–Kier alpha value is -1.16. The summed E-state index contributed by atoms with van der Waals surface area (Å²) in [5.74, 6) is -0.775. The van der Waals surface area contributed by atoms with Crippen LogP contribution < -0.4 is 4.90 Å². The van der Waals surface area contributed by atoms with Gasteiger partial charge in [-0.1, -0.05) is 41.9 Å².